The van der Waals surface area contributed by atoms with Gasteiger partial charge in [0.25, 0.3) is 5.92 Å². The number of nitrogens with one attached hydrogen (secondary N) is 2. The lowest BCUT2D eigenvalue weighted by Crippen LogP contribution is -2.50. The number of amides is 1. The van der Waals surface area contributed by atoms with E-state index in [2.05, 4.69) is 15.3 Å². The number of aromatic nitrogens is 4. The zero-order chi connectivity index (χ0) is 24.0. The second kappa shape index (κ2) is 9.02. The van der Waals surface area contributed by atoms with Crippen LogP contribution in [0.25, 0.3) is 0 Å². The quantitative estimate of drug-likeness (QED) is 0.656. The summed E-state index contributed by atoms with van der Waals surface area (Å²) in [6.07, 6.45) is 10.7. The van der Waals surface area contributed by atoms with Gasteiger partial charge < -0.3 is 20.1 Å². The number of H-pyrrole nitrogens is 1. The average molecular weight is 486 g/mol. The Bertz CT molecular complexity index is 1090. The van der Waals surface area contributed by atoms with E-state index in [0.717, 1.165) is 42.8 Å². The van der Waals surface area contributed by atoms with Crippen molar-refractivity contribution in [2.45, 2.75) is 88.5 Å². The highest BCUT2D eigenvalue weighted by molar-refractivity contribution is 5.85. The third-order valence-electron chi connectivity index (χ3n) is 8.15. The topological polar surface area (TPSA) is 90.0 Å². The Labute approximate surface area is 203 Å². The molecule has 4 aliphatic rings. The molecular formula is C25H33F2N7O. The van der Waals surface area contributed by atoms with Gasteiger partial charge in [0.1, 0.15) is 11.9 Å². The fourth-order valence-electron chi connectivity index (χ4n) is 6.13. The molecule has 2 aromatic rings. The predicted molar refractivity (Wildman–Crippen MR) is 128 cm³/mol. The first kappa shape index (κ1) is 22.7. The van der Waals surface area contributed by atoms with E-state index in [-0.39, 0.29) is 31.8 Å². The molecule has 10 heteroatoms. The number of aromatic amines is 1. The zero-order valence-corrected chi connectivity index (χ0v) is 20.0. The van der Waals surface area contributed by atoms with Crippen LogP contribution >= 0.6 is 0 Å². The predicted octanol–water partition coefficient (Wildman–Crippen LogP) is 4.32. The molecule has 1 atom stereocenters. The molecule has 3 fully saturated rings. The lowest BCUT2D eigenvalue weighted by atomic mass is 10.1. The summed E-state index contributed by atoms with van der Waals surface area (Å²) in [6, 6.07) is -0.397. The van der Waals surface area contributed by atoms with E-state index in [4.69, 9.17) is 9.97 Å². The Morgan fingerprint density at radius 2 is 1.83 bits per heavy atom. The molecule has 2 N–H and O–H groups in total. The molecule has 4 heterocycles. The van der Waals surface area contributed by atoms with Gasteiger partial charge in [0.15, 0.2) is 0 Å². The molecule has 0 spiro atoms. The summed E-state index contributed by atoms with van der Waals surface area (Å²) in [6.45, 7) is 0.900. The molecule has 1 saturated carbocycles. The normalized spacial score (nSPS) is 24.2. The maximum Gasteiger partial charge on any atom is 0.251 e. The van der Waals surface area contributed by atoms with Crippen LogP contribution in [-0.2, 0) is 17.6 Å². The molecule has 0 bridgehead atoms. The Morgan fingerprint density at radius 1 is 1.03 bits per heavy atom. The molecule has 188 valence electrons. The smallest absolute Gasteiger partial charge is 0.251 e. The van der Waals surface area contributed by atoms with Gasteiger partial charge in [-0.25, -0.2) is 18.7 Å². The fraction of sp³-hybridized carbons (Fsp3) is 0.680. The zero-order valence-electron chi connectivity index (χ0n) is 20.0. The lowest BCUT2D eigenvalue weighted by molar-refractivity contribution is -0.138. The first-order valence-corrected chi connectivity index (χ1v) is 13.1. The number of hydrogen-bond donors (Lipinski definition) is 2. The standard InChI is InChI=1S/C25H33F2N7O/c26-25(27)10-13-33(14-11-25)22(35)20-9-4-12-34(20)24-30-18-8-3-7-17(18)21(32-24)31-23-28-15-19(29-23)16-5-1-2-6-16/h15-16,20H,1-14H2,(H2,28,29,30,31,32)/t20-/m0/s1. The van der Waals surface area contributed by atoms with Gasteiger partial charge in [-0.05, 0) is 44.9 Å². The van der Waals surface area contributed by atoms with Gasteiger partial charge >= 0.3 is 0 Å². The van der Waals surface area contributed by atoms with E-state index >= 15 is 0 Å². The molecule has 35 heavy (non-hydrogen) atoms. The summed E-state index contributed by atoms with van der Waals surface area (Å²) in [7, 11) is 0. The second-order valence-corrected chi connectivity index (χ2v) is 10.5. The number of hydrogen-bond acceptors (Lipinski definition) is 6. The van der Waals surface area contributed by atoms with Crippen LogP contribution in [0.5, 0.6) is 0 Å². The van der Waals surface area contributed by atoms with E-state index in [1.807, 2.05) is 11.1 Å². The molecule has 0 unspecified atom stereocenters. The van der Waals surface area contributed by atoms with Gasteiger partial charge in [-0.3, -0.25) is 4.79 Å². The van der Waals surface area contributed by atoms with Crippen molar-refractivity contribution in [2.75, 3.05) is 29.9 Å². The van der Waals surface area contributed by atoms with Gasteiger partial charge in [-0.1, -0.05) is 12.8 Å². The molecule has 0 radical (unpaired) electrons. The Hall–Kier alpha value is -2.78. The van der Waals surface area contributed by atoms with Crippen LogP contribution in [0.4, 0.5) is 26.5 Å². The summed E-state index contributed by atoms with van der Waals surface area (Å²) >= 11 is 0. The third kappa shape index (κ3) is 4.47. The van der Waals surface area contributed by atoms with Crippen LogP contribution in [0, 0.1) is 0 Å². The highest BCUT2D eigenvalue weighted by Crippen LogP contribution is 2.36. The van der Waals surface area contributed by atoms with Crippen molar-refractivity contribution in [3.8, 4) is 0 Å². The molecule has 8 nitrogen and oxygen atoms in total. The summed E-state index contributed by atoms with van der Waals surface area (Å²) in [4.78, 5) is 34.6. The summed E-state index contributed by atoms with van der Waals surface area (Å²) in [5, 5.41) is 3.41. The third-order valence-corrected chi connectivity index (χ3v) is 8.15. The lowest BCUT2D eigenvalue weighted by Gasteiger charge is -2.35. The maximum absolute atomic E-state index is 13.6. The van der Waals surface area contributed by atoms with Crippen molar-refractivity contribution in [3.05, 3.63) is 23.1 Å². The van der Waals surface area contributed by atoms with Crippen molar-refractivity contribution in [3.63, 3.8) is 0 Å². The number of halogens is 2. The highest BCUT2D eigenvalue weighted by Gasteiger charge is 2.41. The first-order chi connectivity index (χ1) is 17.0. The first-order valence-electron chi connectivity index (χ1n) is 13.1. The average Bonchev–Trinajstić information content (AvgIpc) is 3.65. The largest absolute Gasteiger partial charge is 0.340 e. The van der Waals surface area contributed by atoms with Gasteiger partial charge in [0.2, 0.25) is 17.8 Å². The van der Waals surface area contributed by atoms with E-state index in [0.29, 0.717) is 30.8 Å². The maximum atomic E-state index is 13.6. The number of nitrogens with zero attached hydrogens (tertiary/aromatic N) is 5. The van der Waals surface area contributed by atoms with Crippen LogP contribution in [-0.4, -0.2) is 62.3 Å². The summed E-state index contributed by atoms with van der Waals surface area (Å²) in [5.41, 5.74) is 3.32. The van der Waals surface area contributed by atoms with E-state index in [1.54, 1.807) is 4.90 Å². The number of aryl methyl sites for hydroxylation is 1. The Kier molecular flexibility index (Phi) is 5.84. The van der Waals surface area contributed by atoms with Crippen LogP contribution < -0.4 is 10.2 Å². The molecular weight excluding hydrogens is 452 g/mol. The van der Waals surface area contributed by atoms with Crippen LogP contribution in [0.3, 0.4) is 0 Å². The summed E-state index contributed by atoms with van der Waals surface area (Å²) in [5.74, 6) is -0.202. The van der Waals surface area contributed by atoms with Gasteiger partial charge in [-0.15, -0.1) is 0 Å². The molecule has 2 aliphatic heterocycles. The van der Waals surface area contributed by atoms with Crippen LogP contribution in [0.15, 0.2) is 6.20 Å². The molecule has 0 aromatic carbocycles. The second-order valence-electron chi connectivity index (χ2n) is 10.5. The minimum Gasteiger partial charge on any atom is -0.340 e. The van der Waals surface area contributed by atoms with Crippen molar-refractivity contribution in [2.24, 2.45) is 0 Å². The number of carbonyl (C=O) groups excluding carboxylic acids is 1. The fourth-order valence-corrected chi connectivity index (χ4v) is 6.13. The minimum absolute atomic E-state index is 0.0798. The number of rotatable bonds is 5. The molecule has 2 aromatic heterocycles. The number of piperidine rings is 1. The SMILES string of the molecule is O=C([C@@H]1CCCN1c1nc2c(c(Nc3ncc(C4CCCC4)[nH]3)n1)CCC2)N1CCC(F)(F)CC1. The molecule has 1 amide bonds. The van der Waals surface area contributed by atoms with Crippen LogP contribution in [0.2, 0.25) is 0 Å². The number of imidazole rings is 1. The van der Waals surface area contributed by atoms with Crippen molar-refractivity contribution in [1.82, 2.24) is 24.8 Å². The molecule has 2 aliphatic carbocycles. The van der Waals surface area contributed by atoms with Crippen molar-refractivity contribution in [1.29, 1.82) is 0 Å². The van der Waals surface area contributed by atoms with E-state index < -0.39 is 12.0 Å². The van der Waals surface area contributed by atoms with Crippen molar-refractivity contribution >= 4 is 23.6 Å². The van der Waals surface area contributed by atoms with Gasteiger partial charge in [0, 0.05) is 49.7 Å². The van der Waals surface area contributed by atoms with Crippen LogP contribution in [0.1, 0.15) is 80.7 Å². The molecule has 6 rings (SSSR count). The molecule has 2 saturated heterocycles. The number of fused-ring (bicyclic) bond motifs is 1. The number of alkyl halides is 2. The monoisotopic (exact) mass is 485 g/mol. The van der Waals surface area contributed by atoms with E-state index in [9.17, 15) is 13.6 Å². The highest BCUT2D eigenvalue weighted by atomic mass is 19.3. The minimum atomic E-state index is -2.67. The van der Waals surface area contributed by atoms with Gasteiger partial charge in [0.05, 0.1) is 11.9 Å². The number of anilines is 3. The van der Waals surface area contributed by atoms with Crippen molar-refractivity contribution < 1.29 is 13.6 Å². The number of likely N-dealkylation sites (tertiary alicyclic amines) is 1. The van der Waals surface area contributed by atoms with Gasteiger partial charge in [-0.2, -0.15) is 4.98 Å². The summed E-state index contributed by atoms with van der Waals surface area (Å²) < 4.78 is 27.2. The van der Waals surface area contributed by atoms with E-state index in [1.165, 1.54) is 31.4 Å². The number of carbonyl (C=O) groups is 1. The Balaban J connectivity index is 1.23. The Morgan fingerprint density at radius 3 is 2.63 bits per heavy atom.